The van der Waals surface area contributed by atoms with Gasteiger partial charge in [0.05, 0.1) is 13.1 Å². The van der Waals surface area contributed by atoms with Crippen molar-refractivity contribution in [3.05, 3.63) is 29.3 Å². The fourth-order valence-electron chi connectivity index (χ4n) is 3.32. The van der Waals surface area contributed by atoms with E-state index in [1.54, 1.807) is 14.2 Å². The molecule has 0 saturated carbocycles. The summed E-state index contributed by atoms with van der Waals surface area (Å²) in [6, 6.07) is 6.81. The zero-order valence-electron chi connectivity index (χ0n) is 11.7. The molecule has 0 radical (unpaired) electrons. The van der Waals surface area contributed by atoms with Crippen LogP contribution in [0.25, 0.3) is 0 Å². The highest BCUT2D eigenvalue weighted by Gasteiger charge is 2.47. The maximum absolute atomic E-state index is 5.88. The fraction of sp³-hybridized carbons (Fsp3) is 0.600. The number of nitrogens with two attached hydrogens (primary N) is 1. The Labute approximate surface area is 114 Å². The lowest BCUT2D eigenvalue weighted by Gasteiger charge is -2.52. The van der Waals surface area contributed by atoms with Crippen molar-refractivity contribution in [3.63, 3.8) is 0 Å². The van der Waals surface area contributed by atoms with Crippen LogP contribution in [-0.4, -0.2) is 38.0 Å². The highest BCUT2D eigenvalue weighted by molar-refractivity contribution is 5.46. The molecule has 0 amide bonds. The van der Waals surface area contributed by atoms with Crippen LogP contribution >= 0.6 is 0 Å². The summed E-state index contributed by atoms with van der Waals surface area (Å²) in [5, 5.41) is 0. The predicted molar refractivity (Wildman–Crippen MR) is 74.9 cm³/mol. The number of likely N-dealkylation sites (tertiary alicyclic amines) is 1. The van der Waals surface area contributed by atoms with E-state index in [4.69, 9.17) is 15.2 Å². The second-order valence-corrected chi connectivity index (χ2v) is 5.59. The Balaban J connectivity index is 1.79. The molecule has 19 heavy (non-hydrogen) atoms. The van der Waals surface area contributed by atoms with Crippen LogP contribution < -0.4 is 5.73 Å². The van der Waals surface area contributed by atoms with Crippen molar-refractivity contribution in [2.45, 2.75) is 31.1 Å². The van der Waals surface area contributed by atoms with E-state index < -0.39 is 5.79 Å². The number of nitrogens with zero attached hydrogens (tertiary/aromatic N) is 1. The topological polar surface area (TPSA) is 47.7 Å². The summed E-state index contributed by atoms with van der Waals surface area (Å²) in [5.74, 6) is -0.397. The summed E-state index contributed by atoms with van der Waals surface area (Å²) in [5.41, 5.74) is 9.59. The van der Waals surface area contributed by atoms with Crippen LogP contribution in [0.3, 0.4) is 0 Å². The van der Waals surface area contributed by atoms with Crippen molar-refractivity contribution in [1.82, 2.24) is 4.90 Å². The maximum Gasteiger partial charge on any atom is 0.193 e. The van der Waals surface area contributed by atoms with Crippen molar-refractivity contribution >= 4 is 5.69 Å². The van der Waals surface area contributed by atoms with Crippen LogP contribution in [0.1, 0.15) is 30.0 Å². The molecular weight excluding hydrogens is 240 g/mol. The van der Waals surface area contributed by atoms with Gasteiger partial charge in [0.15, 0.2) is 5.79 Å². The van der Waals surface area contributed by atoms with Gasteiger partial charge in [0, 0.05) is 25.9 Å². The number of aryl methyl sites for hydroxylation is 1. The summed E-state index contributed by atoms with van der Waals surface area (Å²) in [6.07, 6.45) is 3.58. The molecule has 1 aromatic rings. The van der Waals surface area contributed by atoms with Gasteiger partial charge in [-0.2, -0.15) is 0 Å². The molecule has 3 rings (SSSR count). The summed E-state index contributed by atoms with van der Waals surface area (Å²) in [4.78, 5) is 2.45. The van der Waals surface area contributed by atoms with E-state index in [1.807, 2.05) is 6.07 Å². The Morgan fingerprint density at radius 2 is 2.00 bits per heavy atom. The lowest BCUT2D eigenvalue weighted by Crippen LogP contribution is -2.64. The van der Waals surface area contributed by atoms with E-state index in [-0.39, 0.29) is 0 Å². The molecule has 1 fully saturated rings. The number of nitrogen functional groups attached to an aromatic ring is 1. The molecule has 2 N–H and O–H groups in total. The normalized spacial score (nSPS) is 25.7. The Morgan fingerprint density at radius 1 is 1.26 bits per heavy atom. The largest absolute Gasteiger partial charge is 0.399 e. The smallest absolute Gasteiger partial charge is 0.193 e. The molecule has 0 spiro atoms. The fourth-order valence-corrected chi connectivity index (χ4v) is 3.32. The molecular formula is C15H22N2O2. The molecule has 1 unspecified atom stereocenters. The maximum atomic E-state index is 5.88. The van der Waals surface area contributed by atoms with E-state index in [0.29, 0.717) is 6.04 Å². The molecule has 1 aliphatic heterocycles. The second kappa shape index (κ2) is 4.78. The summed E-state index contributed by atoms with van der Waals surface area (Å²) in [6.45, 7) is 1.68. The van der Waals surface area contributed by atoms with Gasteiger partial charge < -0.3 is 15.2 Å². The van der Waals surface area contributed by atoms with Crippen LogP contribution in [0.15, 0.2) is 18.2 Å². The van der Waals surface area contributed by atoms with Crippen LogP contribution in [-0.2, 0) is 15.9 Å². The molecule has 2 aliphatic rings. The SMILES string of the molecule is COC1(OC)CN(C2CCCc3cc(N)ccc32)C1. The van der Waals surface area contributed by atoms with Crippen LogP contribution in [0.4, 0.5) is 5.69 Å². The van der Waals surface area contributed by atoms with Gasteiger partial charge in [0.25, 0.3) is 0 Å². The summed E-state index contributed by atoms with van der Waals surface area (Å²) >= 11 is 0. The molecule has 4 nitrogen and oxygen atoms in total. The van der Waals surface area contributed by atoms with Crippen molar-refractivity contribution in [3.8, 4) is 0 Å². The molecule has 1 atom stereocenters. The molecule has 0 bridgehead atoms. The predicted octanol–water partition coefficient (Wildman–Crippen LogP) is 1.95. The molecule has 0 aromatic heterocycles. The van der Waals surface area contributed by atoms with E-state index >= 15 is 0 Å². The third-order valence-electron chi connectivity index (χ3n) is 4.52. The molecule has 1 aliphatic carbocycles. The zero-order valence-corrected chi connectivity index (χ0v) is 11.7. The number of hydrogen-bond acceptors (Lipinski definition) is 4. The number of rotatable bonds is 3. The van der Waals surface area contributed by atoms with E-state index in [0.717, 1.165) is 25.2 Å². The molecule has 1 heterocycles. The molecule has 1 saturated heterocycles. The van der Waals surface area contributed by atoms with Gasteiger partial charge in [-0.3, -0.25) is 4.90 Å². The third-order valence-corrected chi connectivity index (χ3v) is 4.52. The number of ether oxygens (including phenoxy) is 2. The lowest BCUT2D eigenvalue weighted by molar-refractivity contribution is -0.283. The zero-order chi connectivity index (χ0) is 13.5. The number of benzene rings is 1. The number of anilines is 1. The van der Waals surface area contributed by atoms with Crippen molar-refractivity contribution < 1.29 is 9.47 Å². The Morgan fingerprint density at radius 3 is 2.68 bits per heavy atom. The van der Waals surface area contributed by atoms with Gasteiger partial charge in [-0.15, -0.1) is 0 Å². The molecule has 104 valence electrons. The van der Waals surface area contributed by atoms with Gasteiger partial charge in [0.2, 0.25) is 0 Å². The quantitative estimate of drug-likeness (QED) is 0.668. The second-order valence-electron chi connectivity index (χ2n) is 5.59. The first-order valence-corrected chi connectivity index (χ1v) is 6.90. The number of fused-ring (bicyclic) bond motifs is 1. The lowest BCUT2D eigenvalue weighted by atomic mass is 9.84. The van der Waals surface area contributed by atoms with E-state index in [1.165, 1.54) is 24.0 Å². The van der Waals surface area contributed by atoms with Gasteiger partial charge >= 0.3 is 0 Å². The first-order chi connectivity index (χ1) is 9.17. The average Bonchev–Trinajstić information content (AvgIpc) is 2.38. The number of methoxy groups -OCH3 is 2. The van der Waals surface area contributed by atoms with E-state index in [2.05, 4.69) is 17.0 Å². The Kier molecular flexibility index (Phi) is 3.25. The number of hydrogen-bond donors (Lipinski definition) is 1. The van der Waals surface area contributed by atoms with Crippen LogP contribution in [0.2, 0.25) is 0 Å². The van der Waals surface area contributed by atoms with Crippen molar-refractivity contribution in [2.24, 2.45) is 0 Å². The average molecular weight is 262 g/mol. The van der Waals surface area contributed by atoms with Crippen LogP contribution in [0, 0.1) is 0 Å². The first-order valence-electron chi connectivity index (χ1n) is 6.90. The van der Waals surface area contributed by atoms with Crippen molar-refractivity contribution in [1.29, 1.82) is 0 Å². The minimum Gasteiger partial charge on any atom is -0.399 e. The molecule has 1 aromatic carbocycles. The summed E-state index contributed by atoms with van der Waals surface area (Å²) in [7, 11) is 3.44. The van der Waals surface area contributed by atoms with Gasteiger partial charge in [-0.05, 0) is 42.5 Å². The standard InChI is InChI=1S/C15H22N2O2/c1-18-15(19-2)9-17(10-15)14-5-3-4-11-8-12(16)6-7-13(11)14/h6-8,14H,3-5,9-10,16H2,1-2H3. The van der Waals surface area contributed by atoms with Gasteiger partial charge in [-0.1, -0.05) is 6.07 Å². The Hall–Kier alpha value is -1.10. The highest BCUT2D eigenvalue weighted by Crippen LogP contribution is 2.40. The highest BCUT2D eigenvalue weighted by atomic mass is 16.7. The third kappa shape index (κ3) is 2.14. The first kappa shape index (κ1) is 12.9. The Bertz CT molecular complexity index is 463. The molecule has 4 heteroatoms. The monoisotopic (exact) mass is 262 g/mol. The van der Waals surface area contributed by atoms with Crippen LogP contribution in [0.5, 0.6) is 0 Å². The van der Waals surface area contributed by atoms with Gasteiger partial charge in [-0.25, -0.2) is 0 Å². The van der Waals surface area contributed by atoms with Gasteiger partial charge in [0.1, 0.15) is 0 Å². The summed E-state index contributed by atoms with van der Waals surface area (Å²) < 4.78 is 10.9. The van der Waals surface area contributed by atoms with Crippen molar-refractivity contribution in [2.75, 3.05) is 33.0 Å². The minimum atomic E-state index is -0.397. The minimum absolute atomic E-state index is 0.397. The van der Waals surface area contributed by atoms with E-state index in [9.17, 15) is 0 Å².